The van der Waals surface area contributed by atoms with Gasteiger partial charge in [-0.05, 0) is 28.4 Å². The molecule has 0 saturated carbocycles. The van der Waals surface area contributed by atoms with Crippen LogP contribution in [0, 0.1) is 5.92 Å². The molecule has 8 heteroatoms. The van der Waals surface area contributed by atoms with Crippen LogP contribution in [0.15, 0.2) is 27.7 Å². The Balaban J connectivity index is 1.73. The van der Waals surface area contributed by atoms with Gasteiger partial charge in [-0.3, -0.25) is 0 Å². The SMILES string of the molecule is CCC(CC)CN1CCN(S(=O)(=O)c2cccc3nonc23)CC1. The molecule has 24 heavy (non-hydrogen) atoms. The van der Waals surface area contributed by atoms with Crippen LogP contribution in [-0.4, -0.2) is 60.7 Å². The summed E-state index contributed by atoms with van der Waals surface area (Å²) in [6, 6.07) is 4.93. The molecule has 2 aromatic rings. The first kappa shape index (κ1) is 17.3. The molecule has 0 amide bonds. The molecule has 132 valence electrons. The Kier molecular flexibility index (Phi) is 5.17. The van der Waals surface area contributed by atoms with Crippen molar-refractivity contribution in [2.24, 2.45) is 5.92 Å². The van der Waals surface area contributed by atoms with Gasteiger partial charge in [0.25, 0.3) is 0 Å². The van der Waals surface area contributed by atoms with E-state index in [-0.39, 0.29) is 4.90 Å². The third kappa shape index (κ3) is 3.31. The Morgan fingerprint density at radius 1 is 1.12 bits per heavy atom. The average Bonchev–Trinajstić information content (AvgIpc) is 3.08. The van der Waals surface area contributed by atoms with Gasteiger partial charge in [0.2, 0.25) is 10.0 Å². The number of piperazine rings is 1. The van der Waals surface area contributed by atoms with Crippen molar-refractivity contribution < 1.29 is 13.0 Å². The smallest absolute Gasteiger partial charge is 0.245 e. The van der Waals surface area contributed by atoms with E-state index in [0.29, 0.717) is 30.0 Å². The van der Waals surface area contributed by atoms with Crippen molar-refractivity contribution in [3.05, 3.63) is 18.2 Å². The predicted molar refractivity (Wildman–Crippen MR) is 91.1 cm³/mol. The second-order valence-electron chi connectivity index (χ2n) is 6.28. The number of sulfonamides is 1. The first-order valence-electron chi connectivity index (χ1n) is 8.50. The van der Waals surface area contributed by atoms with Gasteiger partial charge in [-0.25, -0.2) is 13.0 Å². The summed E-state index contributed by atoms with van der Waals surface area (Å²) in [7, 11) is -3.58. The summed E-state index contributed by atoms with van der Waals surface area (Å²) in [6.07, 6.45) is 2.33. The van der Waals surface area contributed by atoms with E-state index in [9.17, 15) is 8.42 Å². The van der Waals surface area contributed by atoms with E-state index >= 15 is 0 Å². The van der Waals surface area contributed by atoms with Gasteiger partial charge in [-0.1, -0.05) is 32.8 Å². The minimum Gasteiger partial charge on any atom is -0.300 e. The molecule has 0 bridgehead atoms. The van der Waals surface area contributed by atoms with Crippen molar-refractivity contribution in [1.82, 2.24) is 19.5 Å². The highest BCUT2D eigenvalue weighted by Crippen LogP contribution is 2.24. The van der Waals surface area contributed by atoms with Gasteiger partial charge in [0.05, 0.1) is 0 Å². The molecule has 0 radical (unpaired) electrons. The summed E-state index contributed by atoms with van der Waals surface area (Å²) in [6.45, 7) is 8.01. The van der Waals surface area contributed by atoms with Gasteiger partial charge in [0.1, 0.15) is 10.4 Å². The second-order valence-corrected chi connectivity index (χ2v) is 8.18. The Morgan fingerprint density at radius 2 is 1.83 bits per heavy atom. The highest BCUT2D eigenvalue weighted by atomic mass is 32.2. The van der Waals surface area contributed by atoms with Crippen LogP contribution in [0.25, 0.3) is 11.0 Å². The number of rotatable bonds is 6. The van der Waals surface area contributed by atoms with Crippen LogP contribution in [0.3, 0.4) is 0 Å². The molecular weight excluding hydrogens is 328 g/mol. The van der Waals surface area contributed by atoms with Crippen molar-refractivity contribution in [1.29, 1.82) is 0 Å². The zero-order chi connectivity index (χ0) is 17.2. The Bertz CT molecular complexity index is 777. The van der Waals surface area contributed by atoms with Crippen molar-refractivity contribution in [3.63, 3.8) is 0 Å². The maximum atomic E-state index is 12.9. The van der Waals surface area contributed by atoms with E-state index in [1.807, 2.05) is 0 Å². The molecule has 3 rings (SSSR count). The number of hydrogen-bond acceptors (Lipinski definition) is 6. The second kappa shape index (κ2) is 7.16. The van der Waals surface area contributed by atoms with Crippen molar-refractivity contribution in [2.45, 2.75) is 31.6 Å². The van der Waals surface area contributed by atoms with Crippen molar-refractivity contribution in [3.8, 4) is 0 Å². The van der Waals surface area contributed by atoms with Crippen LogP contribution < -0.4 is 0 Å². The molecule has 2 heterocycles. The fraction of sp³-hybridized carbons (Fsp3) is 0.625. The van der Waals surface area contributed by atoms with Crippen LogP contribution >= 0.6 is 0 Å². The van der Waals surface area contributed by atoms with Crippen LogP contribution in [0.2, 0.25) is 0 Å². The van der Waals surface area contributed by atoms with Crippen molar-refractivity contribution >= 4 is 21.1 Å². The van der Waals surface area contributed by atoms with Crippen LogP contribution in [0.4, 0.5) is 0 Å². The summed E-state index contributed by atoms with van der Waals surface area (Å²) in [5.41, 5.74) is 0.764. The lowest BCUT2D eigenvalue weighted by molar-refractivity contribution is 0.161. The number of nitrogens with zero attached hydrogens (tertiary/aromatic N) is 4. The molecule has 1 fully saturated rings. The lowest BCUT2D eigenvalue weighted by Gasteiger charge is -2.35. The lowest BCUT2D eigenvalue weighted by Crippen LogP contribution is -2.49. The van der Waals surface area contributed by atoms with Crippen LogP contribution in [0.1, 0.15) is 26.7 Å². The van der Waals surface area contributed by atoms with E-state index in [0.717, 1.165) is 32.5 Å². The molecule has 1 aliphatic heterocycles. The van der Waals surface area contributed by atoms with Gasteiger partial charge >= 0.3 is 0 Å². The molecule has 0 spiro atoms. The zero-order valence-electron chi connectivity index (χ0n) is 14.2. The number of fused-ring (bicyclic) bond motifs is 1. The Hall–Kier alpha value is -1.51. The van der Waals surface area contributed by atoms with Gasteiger partial charge in [-0.2, -0.15) is 4.31 Å². The third-order valence-corrected chi connectivity index (χ3v) is 6.80. The highest BCUT2D eigenvalue weighted by molar-refractivity contribution is 7.89. The molecule has 1 saturated heterocycles. The van der Waals surface area contributed by atoms with Crippen molar-refractivity contribution in [2.75, 3.05) is 32.7 Å². The summed E-state index contributed by atoms with van der Waals surface area (Å²) in [4.78, 5) is 2.54. The first-order chi connectivity index (χ1) is 11.6. The maximum Gasteiger partial charge on any atom is 0.245 e. The lowest BCUT2D eigenvalue weighted by atomic mass is 10.0. The average molecular weight is 352 g/mol. The summed E-state index contributed by atoms with van der Waals surface area (Å²) in [5.74, 6) is 0.683. The number of benzene rings is 1. The Labute approximate surface area is 142 Å². The molecule has 7 nitrogen and oxygen atoms in total. The quantitative estimate of drug-likeness (QED) is 0.791. The standard InChI is InChI=1S/C16H24N4O3S/c1-3-13(4-2)12-19-8-10-20(11-9-19)24(21,22)15-7-5-6-14-16(15)18-23-17-14/h5-7,13H,3-4,8-12H2,1-2H3. The topological polar surface area (TPSA) is 79.5 Å². The molecule has 0 unspecified atom stereocenters. The fourth-order valence-electron chi connectivity index (χ4n) is 3.19. The van der Waals surface area contributed by atoms with Crippen LogP contribution in [0.5, 0.6) is 0 Å². The minimum atomic E-state index is -3.58. The molecule has 1 aromatic heterocycles. The van der Waals surface area contributed by atoms with E-state index in [4.69, 9.17) is 0 Å². The van der Waals surface area contributed by atoms with Gasteiger partial charge in [0, 0.05) is 32.7 Å². The Morgan fingerprint density at radius 3 is 2.50 bits per heavy atom. The third-order valence-electron chi connectivity index (χ3n) is 4.87. The summed E-state index contributed by atoms with van der Waals surface area (Å²) < 4.78 is 32.1. The molecule has 1 aromatic carbocycles. The molecule has 0 N–H and O–H groups in total. The van der Waals surface area contributed by atoms with Gasteiger partial charge in [-0.15, -0.1) is 0 Å². The van der Waals surface area contributed by atoms with E-state index in [1.165, 1.54) is 0 Å². The van der Waals surface area contributed by atoms with Crippen LogP contribution in [-0.2, 0) is 10.0 Å². The molecule has 0 atom stereocenters. The van der Waals surface area contributed by atoms with E-state index < -0.39 is 10.0 Å². The molecule has 0 aliphatic carbocycles. The zero-order valence-corrected chi connectivity index (χ0v) is 15.0. The normalized spacial score (nSPS) is 17.8. The summed E-state index contributed by atoms with van der Waals surface area (Å²) >= 11 is 0. The highest BCUT2D eigenvalue weighted by Gasteiger charge is 2.31. The monoisotopic (exact) mass is 352 g/mol. The summed E-state index contributed by atoms with van der Waals surface area (Å²) in [5, 5.41) is 7.48. The first-order valence-corrected chi connectivity index (χ1v) is 9.94. The molecular formula is C16H24N4O3S. The van der Waals surface area contributed by atoms with E-state index in [1.54, 1.807) is 22.5 Å². The van der Waals surface area contributed by atoms with E-state index in [2.05, 4.69) is 33.7 Å². The van der Waals surface area contributed by atoms with Gasteiger partial charge < -0.3 is 4.90 Å². The largest absolute Gasteiger partial charge is 0.300 e. The predicted octanol–water partition coefficient (Wildman–Crippen LogP) is 1.97. The molecule has 1 aliphatic rings. The fourth-order valence-corrected chi connectivity index (χ4v) is 4.75. The minimum absolute atomic E-state index is 0.176. The number of aromatic nitrogens is 2. The maximum absolute atomic E-state index is 12.9. The van der Waals surface area contributed by atoms with Gasteiger partial charge in [0.15, 0.2) is 5.52 Å². The number of hydrogen-bond donors (Lipinski definition) is 0.